The zero-order chi connectivity index (χ0) is 21.2. The molecule has 0 amide bonds. The summed E-state index contributed by atoms with van der Waals surface area (Å²) in [4.78, 5) is 22.8. The third-order valence-corrected chi connectivity index (χ3v) is 5.87. The Bertz CT molecular complexity index is 1240. The summed E-state index contributed by atoms with van der Waals surface area (Å²) in [5, 5.41) is 13.6. The highest BCUT2D eigenvalue weighted by atomic mass is 16.1. The van der Waals surface area contributed by atoms with Crippen LogP contribution < -0.4 is 5.56 Å². The van der Waals surface area contributed by atoms with Gasteiger partial charge in [-0.1, -0.05) is 0 Å². The molecule has 0 spiro atoms. The van der Waals surface area contributed by atoms with Gasteiger partial charge in [0.1, 0.15) is 0 Å². The molecule has 5 heterocycles. The van der Waals surface area contributed by atoms with Crippen molar-refractivity contribution in [1.29, 1.82) is 0 Å². The van der Waals surface area contributed by atoms with Crippen LogP contribution in [0.1, 0.15) is 30.3 Å². The zero-order valence-electron chi connectivity index (χ0n) is 17.4. The second-order valence-electron chi connectivity index (χ2n) is 7.97. The monoisotopic (exact) mass is 416 g/mol. The van der Waals surface area contributed by atoms with Gasteiger partial charge < -0.3 is 4.90 Å². The van der Waals surface area contributed by atoms with E-state index in [0.717, 1.165) is 60.9 Å². The molecule has 4 aromatic heterocycles. The van der Waals surface area contributed by atoms with E-state index in [4.69, 9.17) is 5.10 Å². The SMILES string of the molecule is Cc1cc(=O)n(CCN2CCC(c3nnc4ccc(-c5cccnc5)nn34)CC2)cn1. The summed E-state index contributed by atoms with van der Waals surface area (Å²) < 4.78 is 3.55. The maximum absolute atomic E-state index is 12.1. The lowest BCUT2D eigenvalue weighted by Crippen LogP contribution is -2.37. The smallest absolute Gasteiger partial charge is 0.253 e. The van der Waals surface area contributed by atoms with Crippen LogP contribution in [0.2, 0.25) is 0 Å². The van der Waals surface area contributed by atoms with Crippen LogP contribution in [-0.4, -0.2) is 58.9 Å². The zero-order valence-corrected chi connectivity index (χ0v) is 17.4. The Morgan fingerprint density at radius 2 is 1.97 bits per heavy atom. The van der Waals surface area contributed by atoms with Crippen LogP contribution in [0.4, 0.5) is 0 Å². The molecule has 9 nitrogen and oxygen atoms in total. The minimum atomic E-state index is 0.00723. The molecule has 1 saturated heterocycles. The summed E-state index contributed by atoms with van der Waals surface area (Å²) in [5.74, 6) is 1.23. The number of aryl methyl sites for hydroxylation is 1. The van der Waals surface area contributed by atoms with E-state index >= 15 is 0 Å². The summed E-state index contributed by atoms with van der Waals surface area (Å²) in [6.07, 6.45) is 7.18. The van der Waals surface area contributed by atoms with E-state index in [2.05, 4.69) is 25.1 Å². The molecule has 0 bridgehead atoms. The number of piperidine rings is 1. The Balaban J connectivity index is 1.26. The van der Waals surface area contributed by atoms with Gasteiger partial charge in [-0.15, -0.1) is 10.2 Å². The van der Waals surface area contributed by atoms with Crippen LogP contribution in [0.15, 0.2) is 53.8 Å². The van der Waals surface area contributed by atoms with Crippen LogP contribution in [-0.2, 0) is 6.54 Å². The Kier molecular flexibility index (Phi) is 5.25. The number of pyridine rings is 1. The van der Waals surface area contributed by atoms with Gasteiger partial charge in [-0.25, -0.2) is 4.98 Å². The molecule has 0 N–H and O–H groups in total. The molecule has 0 saturated carbocycles. The minimum absolute atomic E-state index is 0.00723. The number of hydrogen-bond donors (Lipinski definition) is 0. The van der Waals surface area contributed by atoms with E-state index < -0.39 is 0 Å². The molecule has 4 aromatic rings. The molecule has 158 valence electrons. The molecule has 1 aliphatic rings. The summed E-state index contributed by atoms with van der Waals surface area (Å²) in [6, 6.07) is 9.39. The van der Waals surface area contributed by atoms with Crippen molar-refractivity contribution in [2.75, 3.05) is 19.6 Å². The number of fused-ring (bicyclic) bond motifs is 1. The fourth-order valence-electron chi connectivity index (χ4n) is 4.08. The van der Waals surface area contributed by atoms with Gasteiger partial charge >= 0.3 is 0 Å². The number of aromatic nitrogens is 7. The molecule has 5 rings (SSSR count). The molecule has 0 aromatic carbocycles. The topological polar surface area (TPSA) is 94.1 Å². The third kappa shape index (κ3) is 4.09. The highest BCUT2D eigenvalue weighted by Gasteiger charge is 2.25. The highest BCUT2D eigenvalue weighted by molar-refractivity contribution is 5.58. The molecule has 0 atom stereocenters. The van der Waals surface area contributed by atoms with Crippen molar-refractivity contribution in [3.63, 3.8) is 0 Å². The quantitative estimate of drug-likeness (QED) is 0.491. The molecule has 1 aliphatic heterocycles. The molecule has 0 unspecified atom stereocenters. The van der Waals surface area contributed by atoms with Crippen LogP contribution in [0.25, 0.3) is 16.9 Å². The van der Waals surface area contributed by atoms with Crippen molar-refractivity contribution in [2.24, 2.45) is 0 Å². The Hall–Kier alpha value is -3.46. The first-order valence-corrected chi connectivity index (χ1v) is 10.6. The molecule has 9 heteroatoms. The Morgan fingerprint density at radius 1 is 1.10 bits per heavy atom. The van der Waals surface area contributed by atoms with Crippen molar-refractivity contribution in [3.05, 3.63) is 70.9 Å². The van der Waals surface area contributed by atoms with Crippen LogP contribution in [0.5, 0.6) is 0 Å². The molecule has 31 heavy (non-hydrogen) atoms. The first kappa shape index (κ1) is 19.5. The van der Waals surface area contributed by atoms with Gasteiger partial charge in [0, 0.05) is 48.7 Å². The van der Waals surface area contributed by atoms with Gasteiger partial charge in [0.05, 0.1) is 12.0 Å². The number of rotatable bonds is 5. The Morgan fingerprint density at radius 3 is 2.74 bits per heavy atom. The second-order valence-corrected chi connectivity index (χ2v) is 7.97. The molecule has 1 fully saturated rings. The predicted molar refractivity (Wildman–Crippen MR) is 116 cm³/mol. The lowest BCUT2D eigenvalue weighted by Gasteiger charge is -2.31. The fourth-order valence-corrected chi connectivity index (χ4v) is 4.08. The van der Waals surface area contributed by atoms with Gasteiger partial charge in [-0.3, -0.25) is 14.3 Å². The van der Waals surface area contributed by atoms with Crippen molar-refractivity contribution >= 4 is 5.65 Å². The molecule has 0 aliphatic carbocycles. The van der Waals surface area contributed by atoms with Gasteiger partial charge in [0.2, 0.25) is 0 Å². The number of nitrogens with zero attached hydrogens (tertiary/aromatic N) is 8. The minimum Gasteiger partial charge on any atom is -0.302 e. The molecule has 0 radical (unpaired) electrons. The van der Waals surface area contributed by atoms with Crippen molar-refractivity contribution in [2.45, 2.75) is 32.2 Å². The Labute approximate surface area is 179 Å². The summed E-state index contributed by atoms with van der Waals surface area (Å²) in [7, 11) is 0. The second kappa shape index (κ2) is 8.35. The maximum atomic E-state index is 12.1. The largest absolute Gasteiger partial charge is 0.302 e. The van der Waals surface area contributed by atoms with Crippen LogP contribution in [0.3, 0.4) is 0 Å². The van der Waals surface area contributed by atoms with E-state index in [1.54, 1.807) is 23.2 Å². The van der Waals surface area contributed by atoms with E-state index in [-0.39, 0.29) is 5.56 Å². The van der Waals surface area contributed by atoms with Crippen LogP contribution >= 0.6 is 0 Å². The van der Waals surface area contributed by atoms with Crippen molar-refractivity contribution < 1.29 is 0 Å². The van der Waals surface area contributed by atoms with Gasteiger partial charge in [-0.05, 0) is 57.1 Å². The van der Waals surface area contributed by atoms with E-state index in [9.17, 15) is 4.79 Å². The number of hydrogen-bond acceptors (Lipinski definition) is 7. The van der Waals surface area contributed by atoms with Crippen molar-refractivity contribution in [1.82, 2.24) is 39.2 Å². The average molecular weight is 416 g/mol. The van der Waals surface area contributed by atoms with Crippen LogP contribution in [0, 0.1) is 6.92 Å². The van der Waals surface area contributed by atoms with Gasteiger partial charge in [0.15, 0.2) is 11.5 Å². The van der Waals surface area contributed by atoms with E-state index in [1.807, 2.05) is 41.9 Å². The summed E-state index contributed by atoms with van der Waals surface area (Å²) >= 11 is 0. The molecular formula is C22H24N8O. The van der Waals surface area contributed by atoms with Gasteiger partial charge in [0.25, 0.3) is 5.56 Å². The highest BCUT2D eigenvalue weighted by Crippen LogP contribution is 2.27. The first-order chi connectivity index (χ1) is 15.2. The summed E-state index contributed by atoms with van der Waals surface area (Å²) in [6.45, 7) is 5.23. The average Bonchev–Trinajstić information content (AvgIpc) is 3.23. The predicted octanol–water partition coefficient (Wildman–Crippen LogP) is 1.93. The van der Waals surface area contributed by atoms with Crippen molar-refractivity contribution in [3.8, 4) is 11.3 Å². The van der Waals surface area contributed by atoms with E-state index in [1.165, 1.54) is 0 Å². The third-order valence-electron chi connectivity index (χ3n) is 5.87. The number of likely N-dealkylation sites (tertiary alicyclic amines) is 1. The lowest BCUT2D eigenvalue weighted by molar-refractivity contribution is 0.200. The normalized spacial score (nSPS) is 15.5. The lowest BCUT2D eigenvalue weighted by atomic mass is 9.96. The maximum Gasteiger partial charge on any atom is 0.253 e. The molecular weight excluding hydrogens is 392 g/mol. The standard InChI is InChI=1S/C22H24N8O/c1-16-13-21(31)29(15-24-16)12-11-28-9-6-17(7-10-28)22-26-25-20-5-4-19(27-30(20)22)18-3-2-8-23-14-18/h2-5,8,13-15,17H,6-7,9-12H2,1H3. The summed E-state index contributed by atoms with van der Waals surface area (Å²) in [5.41, 5.74) is 3.35. The van der Waals surface area contributed by atoms with Gasteiger partial charge in [-0.2, -0.15) is 9.61 Å². The fraction of sp³-hybridized carbons (Fsp3) is 0.364. The first-order valence-electron chi connectivity index (χ1n) is 10.6. The van der Waals surface area contributed by atoms with E-state index in [0.29, 0.717) is 12.5 Å².